The molecule has 0 saturated carbocycles. The van der Waals surface area contributed by atoms with E-state index in [-0.39, 0.29) is 11.7 Å². The van der Waals surface area contributed by atoms with Crippen molar-refractivity contribution in [1.29, 1.82) is 0 Å². The lowest BCUT2D eigenvalue weighted by Gasteiger charge is -2.29. The minimum Gasteiger partial charge on any atom is -0.481 e. The summed E-state index contributed by atoms with van der Waals surface area (Å²) < 4.78 is 18.3. The van der Waals surface area contributed by atoms with Gasteiger partial charge in [0.1, 0.15) is 11.6 Å². The number of ether oxygens (including phenoxy) is 1. The van der Waals surface area contributed by atoms with Gasteiger partial charge < -0.3 is 15.0 Å². The van der Waals surface area contributed by atoms with Crippen LogP contribution in [0.1, 0.15) is 26.2 Å². The van der Waals surface area contributed by atoms with E-state index in [0.29, 0.717) is 18.2 Å². The standard InChI is InChI=1S/C17H25FN2O2/c1-13(22-16-5-3-15(18)4-6-16)17(21)19-10-7-14-8-11-20(2)12-9-14/h3-6,13-14H,7-12H2,1-2H3,(H,19,21)/t13-/m0/s1. The molecule has 1 atom stereocenters. The molecular formula is C17H25FN2O2. The highest BCUT2D eigenvalue weighted by Gasteiger charge is 2.18. The number of halogens is 1. The lowest BCUT2D eigenvalue weighted by Crippen LogP contribution is -2.38. The van der Waals surface area contributed by atoms with Crippen LogP contribution in [0.15, 0.2) is 24.3 Å². The molecular weight excluding hydrogens is 283 g/mol. The molecule has 0 spiro atoms. The molecule has 4 nitrogen and oxygen atoms in total. The second-order valence-corrected chi connectivity index (χ2v) is 6.04. The lowest BCUT2D eigenvalue weighted by molar-refractivity contribution is -0.127. The highest BCUT2D eigenvalue weighted by molar-refractivity contribution is 5.80. The van der Waals surface area contributed by atoms with Crippen LogP contribution in [0.3, 0.4) is 0 Å². The van der Waals surface area contributed by atoms with Gasteiger partial charge in [0, 0.05) is 6.54 Å². The Morgan fingerprint density at radius 1 is 1.36 bits per heavy atom. The smallest absolute Gasteiger partial charge is 0.260 e. The average molecular weight is 308 g/mol. The van der Waals surface area contributed by atoms with Crippen molar-refractivity contribution in [3.63, 3.8) is 0 Å². The molecule has 1 amide bonds. The second-order valence-electron chi connectivity index (χ2n) is 6.04. The highest BCUT2D eigenvalue weighted by Crippen LogP contribution is 2.18. The first kappa shape index (κ1) is 16.7. The highest BCUT2D eigenvalue weighted by atomic mass is 19.1. The van der Waals surface area contributed by atoms with Crippen LogP contribution in [0.2, 0.25) is 0 Å². The van der Waals surface area contributed by atoms with E-state index < -0.39 is 6.10 Å². The first-order valence-electron chi connectivity index (χ1n) is 7.93. The fourth-order valence-electron chi connectivity index (χ4n) is 2.66. The Morgan fingerprint density at radius 2 is 2.00 bits per heavy atom. The zero-order valence-corrected chi connectivity index (χ0v) is 13.3. The number of benzene rings is 1. The summed E-state index contributed by atoms with van der Waals surface area (Å²) in [5.41, 5.74) is 0. The molecule has 2 rings (SSSR count). The monoisotopic (exact) mass is 308 g/mol. The van der Waals surface area contributed by atoms with E-state index in [2.05, 4.69) is 17.3 Å². The molecule has 1 saturated heterocycles. The van der Waals surface area contributed by atoms with Crippen LogP contribution < -0.4 is 10.1 Å². The third-order valence-corrected chi connectivity index (χ3v) is 4.19. The van der Waals surface area contributed by atoms with Crippen molar-refractivity contribution in [2.75, 3.05) is 26.7 Å². The molecule has 0 aromatic heterocycles. The topological polar surface area (TPSA) is 41.6 Å². The van der Waals surface area contributed by atoms with E-state index in [1.165, 1.54) is 37.1 Å². The molecule has 1 aliphatic rings. The number of hydrogen-bond donors (Lipinski definition) is 1. The van der Waals surface area contributed by atoms with Gasteiger partial charge in [0.2, 0.25) is 0 Å². The molecule has 0 radical (unpaired) electrons. The Bertz CT molecular complexity index is 470. The first-order chi connectivity index (χ1) is 10.5. The van der Waals surface area contributed by atoms with Gasteiger partial charge in [-0.25, -0.2) is 4.39 Å². The van der Waals surface area contributed by atoms with Gasteiger partial charge in [0.25, 0.3) is 5.91 Å². The van der Waals surface area contributed by atoms with Gasteiger partial charge in [-0.1, -0.05) is 0 Å². The van der Waals surface area contributed by atoms with E-state index in [1.54, 1.807) is 6.92 Å². The molecule has 122 valence electrons. The molecule has 22 heavy (non-hydrogen) atoms. The summed E-state index contributed by atoms with van der Waals surface area (Å²) in [6, 6.07) is 5.69. The maximum absolute atomic E-state index is 12.8. The van der Waals surface area contributed by atoms with E-state index in [1.807, 2.05) is 0 Å². The van der Waals surface area contributed by atoms with Crippen molar-refractivity contribution in [2.24, 2.45) is 5.92 Å². The van der Waals surface area contributed by atoms with Gasteiger partial charge in [-0.05, 0) is 76.5 Å². The second kappa shape index (κ2) is 8.13. The minimum absolute atomic E-state index is 0.128. The SMILES string of the molecule is C[C@H](Oc1ccc(F)cc1)C(=O)NCCC1CCN(C)CC1. The molecule has 5 heteroatoms. The predicted octanol–water partition coefficient (Wildman–Crippen LogP) is 2.44. The Labute approximate surface area is 131 Å². The molecule has 1 N–H and O–H groups in total. The van der Waals surface area contributed by atoms with Crippen LogP contribution in [0.5, 0.6) is 5.75 Å². The summed E-state index contributed by atoms with van der Waals surface area (Å²) in [6.07, 6.45) is 2.84. The minimum atomic E-state index is -0.581. The number of carbonyl (C=O) groups excluding carboxylic acids is 1. The Kier molecular flexibility index (Phi) is 6.19. The van der Waals surface area contributed by atoms with Crippen molar-refractivity contribution in [3.8, 4) is 5.75 Å². The van der Waals surface area contributed by atoms with Crippen molar-refractivity contribution in [1.82, 2.24) is 10.2 Å². The molecule has 1 aromatic rings. The summed E-state index contributed by atoms with van der Waals surface area (Å²) in [7, 11) is 2.15. The number of likely N-dealkylation sites (tertiary alicyclic amines) is 1. The Hall–Kier alpha value is -1.62. The number of nitrogens with zero attached hydrogens (tertiary/aromatic N) is 1. The summed E-state index contributed by atoms with van der Waals surface area (Å²) in [4.78, 5) is 14.3. The van der Waals surface area contributed by atoms with E-state index in [0.717, 1.165) is 19.5 Å². The van der Waals surface area contributed by atoms with Crippen molar-refractivity contribution < 1.29 is 13.9 Å². The number of rotatable bonds is 6. The molecule has 1 aliphatic heterocycles. The average Bonchev–Trinajstić information content (AvgIpc) is 2.51. The largest absolute Gasteiger partial charge is 0.481 e. The van der Waals surface area contributed by atoms with Crippen LogP contribution in [0, 0.1) is 11.7 Å². The molecule has 1 fully saturated rings. The van der Waals surface area contributed by atoms with E-state index in [9.17, 15) is 9.18 Å². The van der Waals surface area contributed by atoms with Crippen LogP contribution in [-0.4, -0.2) is 43.6 Å². The number of nitrogens with one attached hydrogen (secondary N) is 1. The first-order valence-corrected chi connectivity index (χ1v) is 7.93. The Balaban J connectivity index is 1.67. The van der Waals surface area contributed by atoms with Crippen LogP contribution in [0.4, 0.5) is 4.39 Å². The normalized spacial score (nSPS) is 18.0. The third-order valence-electron chi connectivity index (χ3n) is 4.19. The fraction of sp³-hybridized carbons (Fsp3) is 0.588. The maximum Gasteiger partial charge on any atom is 0.260 e. The number of hydrogen-bond acceptors (Lipinski definition) is 3. The summed E-state index contributed by atoms with van der Waals surface area (Å²) in [5.74, 6) is 0.754. The molecule has 1 aromatic carbocycles. The van der Waals surface area contributed by atoms with Gasteiger partial charge >= 0.3 is 0 Å². The molecule has 0 aliphatic carbocycles. The summed E-state index contributed by atoms with van der Waals surface area (Å²) in [5, 5.41) is 2.92. The number of piperidine rings is 1. The third kappa shape index (κ3) is 5.30. The van der Waals surface area contributed by atoms with Gasteiger partial charge in [-0.15, -0.1) is 0 Å². The Morgan fingerprint density at radius 3 is 2.64 bits per heavy atom. The van der Waals surface area contributed by atoms with Gasteiger partial charge in [0.05, 0.1) is 0 Å². The van der Waals surface area contributed by atoms with Gasteiger partial charge in [0.15, 0.2) is 6.10 Å². The quantitative estimate of drug-likeness (QED) is 0.877. The van der Waals surface area contributed by atoms with Crippen molar-refractivity contribution in [2.45, 2.75) is 32.3 Å². The van der Waals surface area contributed by atoms with E-state index in [4.69, 9.17) is 4.74 Å². The maximum atomic E-state index is 12.8. The molecule has 1 heterocycles. The zero-order chi connectivity index (χ0) is 15.9. The van der Waals surface area contributed by atoms with Crippen molar-refractivity contribution >= 4 is 5.91 Å². The summed E-state index contributed by atoms with van der Waals surface area (Å²) in [6.45, 7) is 4.67. The van der Waals surface area contributed by atoms with Gasteiger partial charge in [-0.3, -0.25) is 4.79 Å². The fourth-order valence-corrected chi connectivity index (χ4v) is 2.66. The lowest BCUT2D eigenvalue weighted by atomic mass is 9.94. The summed E-state index contributed by atoms with van der Waals surface area (Å²) >= 11 is 0. The van der Waals surface area contributed by atoms with Crippen LogP contribution in [-0.2, 0) is 4.79 Å². The van der Waals surface area contributed by atoms with E-state index >= 15 is 0 Å². The van der Waals surface area contributed by atoms with Gasteiger partial charge in [-0.2, -0.15) is 0 Å². The van der Waals surface area contributed by atoms with Crippen LogP contribution in [0.25, 0.3) is 0 Å². The zero-order valence-electron chi connectivity index (χ0n) is 13.3. The predicted molar refractivity (Wildman–Crippen MR) is 84.3 cm³/mol. The number of carbonyl (C=O) groups is 1. The molecule has 0 bridgehead atoms. The number of amides is 1. The van der Waals surface area contributed by atoms with Crippen LogP contribution >= 0.6 is 0 Å². The van der Waals surface area contributed by atoms with Crippen molar-refractivity contribution in [3.05, 3.63) is 30.1 Å². The molecule has 0 unspecified atom stereocenters.